The lowest BCUT2D eigenvalue weighted by molar-refractivity contribution is -0.138. The number of nitrogens with one attached hydrogen (secondary N) is 2. The van der Waals surface area contributed by atoms with E-state index in [1.807, 2.05) is 44.2 Å². The van der Waals surface area contributed by atoms with Gasteiger partial charge in [0.15, 0.2) is 5.82 Å². The maximum Gasteiger partial charge on any atom is 0.409 e. The number of nitrogens with zero attached hydrogens (tertiary/aromatic N) is 4. The Morgan fingerprint density at radius 2 is 1.69 bits per heavy atom. The molecule has 0 aliphatic carbocycles. The maximum atomic E-state index is 13.4. The summed E-state index contributed by atoms with van der Waals surface area (Å²) >= 11 is 0. The van der Waals surface area contributed by atoms with Crippen molar-refractivity contribution >= 4 is 29.7 Å². The van der Waals surface area contributed by atoms with Crippen molar-refractivity contribution in [1.29, 1.82) is 0 Å². The van der Waals surface area contributed by atoms with Crippen molar-refractivity contribution in [1.82, 2.24) is 25.1 Å². The molecule has 1 unspecified atom stereocenters. The quantitative estimate of drug-likeness (QED) is 0.390. The van der Waals surface area contributed by atoms with Crippen LogP contribution in [0, 0.1) is 5.92 Å². The molecule has 1 fully saturated rings. The Balaban J connectivity index is 1.79. The zero-order chi connectivity index (χ0) is 28.4. The molecule has 0 radical (unpaired) electrons. The van der Waals surface area contributed by atoms with Crippen molar-refractivity contribution in [2.24, 2.45) is 5.92 Å². The molecule has 0 bridgehead atoms. The van der Waals surface area contributed by atoms with Crippen molar-refractivity contribution in [3.63, 3.8) is 0 Å². The van der Waals surface area contributed by atoms with Crippen LogP contribution >= 0.6 is 0 Å². The molecule has 1 aromatic carbocycles. The topological polar surface area (TPSA) is 154 Å². The molecule has 3 amide bonds. The number of amides is 3. The molecule has 12 nitrogen and oxygen atoms in total. The van der Waals surface area contributed by atoms with Crippen LogP contribution < -0.4 is 10.6 Å². The first-order valence-corrected chi connectivity index (χ1v) is 13.1. The van der Waals surface area contributed by atoms with E-state index in [0.717, 1.165) is 5.56 Å². The van der Waals surface area contributed by atoms with Gasteiger partial charge in [0.1, 0.15) is 17.6 Å². The summed E-state index contributed by atoms with van der Waals surface area (Å²) in [7, 11) is 0. The van der Waals surface area contributed by atoms with Crippen LogP contribution in [0.4, 0.5) is 10.6 Å². The summed E-state index contributed by atoms with van der Waals surface area (Å²) < 4.78 is 5.02. The van der Waals surface area contributed by atoms with Crippen LogP contribution in [0.15, 0.2) is 36.4 Å². The number of benzene rings is 1. The first-order valence-electron chi connectivity index (χ1n) is 13.1. The monoisotopic (exact) mass is 540 g/mol. The van der Waals surface area contributed by atoms with E-state index in [-0.39, 0.29) is 51.3 Å². The standard InChI is InChI=1S/C27H36N6O6/c1-4-39-27(38)33-14-12-32(13-15-33)26(37)20(10-11-23(34)35)30-25(36)21-16-22(28-17-18(2)3)31-24(29-21)19-8-6-5-7-9-19/h5-9,16,18,20H,4,10-15,17H2,1-3H3,(H,30,36)(H,34,35)(H,28,29,31). The van der Waals surface area contributed by atoms with Gasteiger partial charge in [0.25, 0.3) is 5.91 Å². The number of carbonyl (C=O) groups excluding carboxylic acids is 3. The molecular formula is C27H36N6O6. The van der Waals surface area contributed by atoms with Gasteiger partial charge in [-0.3, -0.25) is 14.4 Å². The molecule has 0 spiro atoms. The summed E-state index contributed by atoms with van der Waals surface area (Å²) in [5.41, 5.74) is 0.771. The first-order chi connectivity index (χ1) is 18.7. The Kier molecular flexibility index (Phi) is 10.6. The summed E-state index contributed by atoms with van der Waals surface area (Å²) in [5, 5.41) is 15.1. The smallest absolute Gasteiger partial charge is 0.409 e. The minimum Gasteiger partial charge on any atom is -0.481 e. The molecule has 3 rings (SSSR count). The minimum absolute atomic E-state index is 0.0513. The van der Waals surface area contributed by atoms with Gasteiger partial charge in [0, 0.05) is 50.8 Å². The summed E-state index contributed by atoms with van der Waals surface area (Å²) in [6.45, 7) is 7.74. The van der Waals surface area contributed by atoms with E-state index in [2.05, 4.69) is 20.6 Å². The zero-order valence-corrected chi connectivity index (χ0v) is 22.6. The molecule has 2 heterocycles. The number of piperazine rings is 1. The third-order valence-electron chi connectivity index (χ3n) is 6.05. The fourth-order valence-corrected chi connectivity index (χ4v) is 3.98. The minimum atomic E-state index is -1.08. The van der Waals surface area contributed by atoms with E-state index < -0.39 is 29.9 Å². The van der Waals surface area contributed by atoms with Crippen LogP contribution in [0.2, 0.25) is 0 Å². The highest BCUT2D eigenvalue weighted by Gasteiger charge is 2.31. The molecule has 1 atom stereocenters. The van der Waals surface area contributed by atoms with Gasteiger partial charge in [-0.1, -0.05) is 44.2 Å². The number of aliphatic carboxylic acids is 1. The van der Waals surface area contributed by atoms with E-state index in [0.29, 0.717) is 24.1 Å². The van der Waals surface area contributed by atoms with Gasteiger partial charge in [-0.05, 0) is 19.3 Å². The summed E-state index contributed by atoms with van der Waals surface area (Å²) in [6, 6.07) is 9.65. The normalized spacial score (nSPS) is 14.1. The Morgan fingerprint density at radius 1 is 1.03 bits per heavy atom. The van der Waals surface area contributed by atoms with Crippen molar-refractivity contribution in [3.8, 4) is 11.4 Å². The lowest BCUT2D eigenvalue weighted by Crippen LogP contribution is -2.56. The Labute approximate surface area is 227 Å². The van der Waals surface area contributed by atoms with Crippen molar-refractivity contribution < 1.29 is 29.0 Å². The predicted molar refractivity (Wildman–Crippen MR) is 144 cm³/mol. The molecule has 210 valence electrons. The Bertz CT molecular complexity index is 1150. The average Bonchev–Trinajstić information content (AvgIpc) is 2.94. The Hall–Kier alpha value is -4.22. The zero-order valence-electron chi connectivity index (χ0n) is 22.6. The largest absolute Gasteiger partial charge is 0.481 e. The summed E-state index contributed by atoms with van der Waals surface area (Å²) in [4.78, 5) is 62.0. The van der Waals surface area contributed by atoms with Crippen molar-refractivity contribution in [2.75, 3.05) is 44.6 Å². The number of hydrogen-bond acceptors (Lipinski definition) is 8. The lowest BCUT2D eigenvalue weighted by Gasteiger charge is -2.35. The Morgan fingerprint density at radius 3 is 2.31 bits per heavy atom. The molecule has 1 aromatic heterocycles. The van der Waals surface area contributed by atoms with E-state index >= 15 is 0 Å². The van der Waals surface area contributed by atoms with Gasteiger partial charge < -0.3 is 30.3 Å². The van der Waals surface area contributed by atoms with Gasteiger partial charge in [-0.2, -0.15) is 0 Å². The maximum absolute atomic E-state index is 13.4. The van der Waals surface area contributed by atoms with E-state index in [9.17, 15) is 24.3 Å². The highest BCUT2D eigenvalue weighted by molar-refractivity contribution is 5.97. The van der Waals surface area contributed by atoms with Crippen LogP contribution in [-0.2, 0) is 14.3 Å². The number of carboxylic acids is 1. The van der Waals surface area contributed by atoms with E-state index in [4.69, 9.17) is 4.74 Å². The van der Waals surface area contributed by atoms with Crippen LogP contribution in [0.3, 0.4) is 0 Å². The first kappa shape index (κ1) is 29.3. The van der Waals surface area contributed by atoms with Crippen LogP contribution in [0.5, 0.6) is 0 Å². The number of hydrogen-bond donors (Lipinski definition) is 3. The average molecular weight is 541 g/mol. The van der Waals surface area contributed by atoms with Gasteiger partial charge in [0.2, 0.25) is 5.91 Å². The predicted octanol–water partition coefficient (Wildman–Crippen LogP) is 2.48. The van der Waals surface area contributed by atoms with Gasteiger partial charge in [-0.15, -0.1) is 0 Å². The van der Waals surface area contributed by atoms with Gasteiger partial charge in [-0.25, -0.2) is 14.8 Å². The highest BCUT2D eigenvalue weighted by Crippen LogP contribution is 2.19. The molecule has 1 aliphatic heterocycles. The third kappa shape index (κ3) is 8.66. The fourth-order valence-electron chi connectivity index (χ4n) is 3.98. The van der Waals surface area contributed by atoms with E-state index in [1.54, 1.807) is 6.92 Å². The van der Waals surface area contributed by atoms with Gasteiger partial charge >= 0.3 is 12.1 Å². The lowest BCUT2D eigenvalue weighted by atomic mass is 10.1. The molecule has 2 aromatic rings. The second-order valence-corrected chi connectivity index (χ2v) is 9.57. The van der Waals surface area contributed by atoms with Crippen LogP contribution in [-0.4, -0.2) is 94.1 Å². The summed E-state index contributed by atoms with van der Waals surface area (Å²) in [6.07, 6.45) is -0.840. The number of carboxylic acid groups (broad SMARTS) is 1. The van der Waals surface area contributed by atoms with Crippen molar-refractivity contribution in [3.05, 3.63) is 42.1 Å². The number of anilines is 1. The number of rotatable bonds is 11. The van der Waals surface area contributed by atoms with Crippen molar-refractivity contribution in [2.45, 2.75) is 39.7 Å². The number of carbonyl (C=O) groups is 4. The molecule has 12 heteroatoms. The molecule has 1 aliphatic rings. The van der Waals surface area contributed by atoms with Crippen LogP contribution in [0.1, 0.15) is 44.1 Å². The highest BCUT2D eigenvalue weighted by atomic mass is 16.6. The van der Waals surface area contributed by atoms with E-state index in [1.165, 1.54) is 15.9 Å². The third-order valence-corrected chi connectivity index (χ3v) is 6.05. The molecule has 39 heavy (non-hydrogen) atoms. The SMILES string of the molecule is CCOC(=O)N1CCN(C(=O)C(CCC(=O)O)NC(=O)c2cc(NCC(C)C)nc(-c3ccccc3)n2)CC1. The summed E-state index contributed by atoms with van der Waals surface area (Å²) in [5.74, 6) is -0.966. The van der Waals surface area contributed by atoms with Gasteiger partial charge in [0.05, 0.1) is 6.61 Å². The fraction of sp³-hybridized carbons (Fsp3) is 0.481. The second kappa shape index (κ2) is 14.1. The molecule has 3 N–H and O–H groups in total. The number of aromatic nitrogens is 2. The second-order valence-electron chi connectivity index (χ2n) is 9.57. The molecule has 1 saturated heterocycles. The molecule has 0 saturated carbocycles. The van der Waals surface area contributed by atoms with Crippen LogP contribution in [0.25, 0.3) is 11.4 Å². The molecular weight excluding hydrogens is 504 g/mol. The number of ether oxygens (including phenoxy) is 1.